The SMILES string of the molecule is O=C(Cc1ccc(-n2cccn2)cc1)NCC(c1ccc(C(F)(F)F)cc1)N1CCOCC1. The fourth-order valence-corrected chi connectivity index (χ4v) is 3.89. The minimum Gasteiger partial charge on any atom is -0.379 e. The molecule has 0 bridgehead atoms. The van der Waals surface area contributed by atoms with Crippen LogP contribution in [0.4, 0.5) is 13.2 Å². The normalized spacial score (nSPS) is 15.8. The molecule has 0 radical (unpaired) electrons. The summed E-state index contributed by atoms with van der Waals surface area (Å²) in [5, 5.41) is 7.13. The molecule has 1 fully saturated rings. The lowest BCUT2D eigenvalue weighted by atomic mass is 10.0. The second-order valence-electron chi connectivity index (χ2n) is 7.88. The molecule has 4 rings (SSSR count). The zero-order valence-corrected chi connectivity index (χ0v) is 18.0. The standard InChI is InChI=1S/C24H25F3N4O2/c25-24(26,27)20-6-4-19(5-7-20)22(30-12-14-33-15-13-30)17-28-23(32)16-18-2-8-21(9-3-18)31-11-1-10-29-31/h1-11,22H,12-17H2,(H,28,32). The van der Waals surface area contributed by atoms with Gasteiger partial charge in [-0.3, -0.25) is 9.69 Å². The summed E-state index contributed by atoms with van der Waals surface area (Å²) in [5.41, 5.74) is 1.81. The monoisotopic (exact) mass is 458 g/mol. The van der Waals surface area contributed by atoms with Crippen molar-refractivity contribution < 1.29 is 22.7 Å². The molecule has 1 atom stereocenters. The van der Waals surface area contributed by atoms with E-state index in [1.165, 1.54) is 12.1 Å². The van der Waals surface area contributed by atoms with Crippen LogP contribution in [0.25, 0.3) is 5.69 Å². The Balaban J connectivity index is 1.40. The summed E-state index contributed by atoms with van der Waals surface area (Å²) in [6.45, 7) is 2.70. The molecule has 6 nitrogen and oxygen atoms in total. The highest BCUT2D eigenvalue weighted by Gasteiger charge is 2.31. The Morgan fingerprint density at radius 1 is 1.06 bits per heavy atom. The number of aromatic nitrogens is 2. The van der Waals surface area contributed by atoms with Crippen molar-refractivity contribution in [2.75, 3.05) is 32.8 Å². The Bertz CT molecular complexity index is 1030. The third-order valence-electron chi connectivity index (χ3n) is 5.67. The second-order valence-corrected chi connectivity index (χ2v) is 7.88. The van der Waals surface area contributed by atoms with Gasteiger partial charge >= 0.3 is 6.18 Å². The van der Waals surface area contributed by atoms with Crippen LogP contribution in [0.5, 0.6) is 0 Å². The van der Waals surface area contributed by atoms with Crippen LogP contribution in [0.1, 0.15) is 22.7 Å². The van der Waals surface area contributed by atoms with Gasteiger partial charge in [0.1, 0.15) is 0 Å². The van der Waals surface area contributed by atoms with Gasteiger partial charge in [-0.15, -0.1) is 0 Å². The van der Waals surface area contributed by atoms with Gasteiger partial charge in [0.25, 0.3) is 0 Å². The van der Waals surface area contributed by atoms with E-state index in [1.54, 1.807) is 10.9 Å². The van der Waals surface area contributed by atoms with Crippen LogP contribution >= 0.6 is 0 Å². The molecule has 33 heavy (non-hydrogen) atoms. The molecular weight excluding hydrogens is 433 g/mol. The maximum atomic E-state index is 13.0. The number of rotatable bonds is 7. The molecule has 1 saturated heterocycles. The van der Waals surface area contributed by atoms with Gasteiger partial charge in [-0.05, 0) is 41.5 Å². The van der Waals surface area contributed by atoms with Crippen molar-refractivity contribution in [2.24, 2.45) is 0 Å². The van der Waals surface area contributed by atoms with Gasteiger partial charge in [0.2, 0.25) is 5.91 Å². The van der Waals surface area contributed by atoms with Gasteiger partial charge in [-0.1, -0.05) is 24.3 Å². The van der Waals surface area contributed by atoms with Gasteiger partial charge in [0, 0.05) is 32.0 Å². The fraction of sp³-hybridized carbons (Fsp3) is 0.333. The van der Waals surface area contributed by atoms with Crippen LogP contribution in [-0.4, -0.2) is 53.4 Å². The number of nitrogens with one attached hydrogen (secondary N) is 1. The lowest BCUT2D eigenvalue weighted by Gasteiger charge is -2.35. The zero-order valence-electron chi connectivity index (χ0n) is 18.0. The quantitative estimate of drug-likeness (QED) is 0.588. The molecule has 1 aromatic heterocycles. The van der Waals surface area contributed by atoms with E-state index < -0.39 is 11.7 Å². The van der Waals surface area contributed by atoms with Gasteiger partial charge < -0.3 is 10.1 Å². The molecule has 3 aromatic rings. The molecule has 1 aliphatic rings. The van der Waals surface area contributed by atoms with Crippen LogP contribution < -0.4 is 5.32 Å². The number of halogens is 3. The summed E-state index contributed by atoms with van der Waals surface area (Å²) < 4.78 is 46.0. The number of carbonyl (C=O) groups excluding carboxylic acids is 1. The first-order valence-corrected chi connectivity index (χ1v) is 10.7. The number of hydrogen-bond acceptors (Lipinski definition) is 4. The molecule has 0 aliphatic carbocycles. The van der Waals surface area contributed by atoms with Crippen molar-refractivity contribution >= 4 is 5.91 Å². The Morgan fingerprint density at radius 2 is 1.76 bits per heavy atom. The molecule has 2 heterocycles. The van der Waals surface area contributed by atoms with Crippen molar-refractivity contribution in [1.82, 2.24) is 20.0 Å². The van der Waals surface area contributed by atoms with Crippen molar-refractivity contribution in [2.45, 2.75) is 18.6 Å². The number of amides is 1. The number of nitrogens with zero attached hydrogens (tertiary/aromatic N) is 3. The first-order valence-electron chi connectivity index (χ1n) is 10.7. The van der Waals surface area contributed by atoms with E-state index in [4.69, 9.17) is 4.74 Å². The molecule has 1 amide bonds. The number of benzene rings is 2. The highest BCUT2D eigenvalue weighted by Crippen LogP contribution is 2.31. The highest BCUT2D eigenvalue weighted by atomic mass is 19.4. The van der Waals surface area contributed by atoms with Crippen molar-refractivity contribution in [3.8, 4) is 5.69 Å². The summed E-state index contributed by atoms with van der Waals surface area (Å²) in [6.07, 6.45) is -0.631. The minimum absolute atomic E-state index is 0.146. The third kappa shape index (κ3) is 6.00. The first kappa shape index (κ1) is 23.0. The minimum atomic E-state index is -4.38. The van der Waals surface area contributed by atoms with Crippen molar-refractivity contribution in [3.63, 3.8) is 0 Å². The Hall–Kier alpha value is -3.17. The van der Waals surface area contributed by atoms with Crippen LogP contribution in [0.2, 0.25) is 0 Å². The predicted octanol–water partition coefficient (Wildman–Crippen LogP) is 3.62. The number of alkyl halides is 3. The topological polar surface area (TPSA) is 59.4 Å². The maximum absolute atomic E-state index is 13.0. The molecular formula is C24H25F3N4O2. The molecule has 0 spiro atoms. The summed E-state index contributed by atoms with van der Waals surface area (Å²) in [6, 6.07) is 14.3. The summed E-state index contributed by atoms with van der Waals surface area (Å²) >= 11 is 0. The van der Waals surface area contributed by atoms with E-state index in [0.717, 1.165) is 28.9 Å². The molecule has 1 N–H and O–H groups in total. The molecule has 1 aliphatic heterocycles. The fourth-order valence-electron chi connectivity index (χ4n) is 3.89. The lowest BCUT2D eigenvalue weighted by Crippen LogP contribution is -2.44. The third-order valence-corrected chi connectivity index (χ3v) is 5.67. The number of morpholine rings is 1. The molecule has 0 saturated carbocycles. The Morgan fingerprint density at radius 3 is 2.36 bits per heavy atom. The van der Waals surface area contributed by atoms with Crippen molar-refractivity contribution in [1.29, 1.82) is 0 Å². The molecule has 174 valence electrons. The summed E-state index contributed by atoms with van der Waals surface area (Å²) in [7, 11) is 0. The Labute approximate surface area is 190 Å². The first-order chi connectivity index (χ1) is 15.9. The zero-order chi connectivity index (χ0) is 23.3. The van der Waals surface area contributed by atoms with E-state index in [2.05, 4.69) is 15.3 Å². The molecule has 2 aromatic carbocycles. The average molecular weight is 458 g/mol. The van der Waals surface area contributed by atoms with E-state index in [-0.39, 0.29) is 18.4 Å². The van der Waals surface area contributed by atoms with Crippen LogP contribution in [0.15, 0.2) is 67.0 Å². The van der Waals surface area contributed by atoms with E-state index >= 15 is 0 Å². The highest BCUT2D eigenvalue weighted by molar-refractivity contribution is 5.78. The largest absolute Gasteiger partial charge is 0.416 e. The Kier molecular flexibility index (Phi) is 7.10. The van der Waals surface area contributed by atoms with Crippen molar-refractivity contribution in [3.05, 3.63) is 83.7 Å². The van der Waals surface area contributed by atoms with Gasteiger partial charge in [-0.25, -0.2) is 4.68 Å². The number of carbonyl (C=O) groups is 1. The van der Waals surface area contributed by atoms with Crippen LogP contribution in [0, 0.1) is 0 Å². The number of ether oxygens (including phenoxy) is 1. The average Bonchev–Trinajstić information content (AvgIpc) is 3.35. The predicted molar refractivity (Wildman–Crippen MR) is 117 cm³/mol. The van der Waals surface area contributed by atoms with Gasteiger partial charge in [-0.2, -0.15) is 18.3 Å². The molecule has 9 heteroatoms. The lowest BCUT2D eigenvalue weighted by molar-refractivity contribution is -0.137. The maximum Gasteiger partial charge on any atom is 0.416 e. The second kappa shape index (κ2) is 10.2. The van der Waals surface area contributed by atoms with Crippen LogP contribution in [0.3, 0.4) is 0 Å². The smallest absolute Gasteiger partial charge is 0.379 e. The van der Waals surface area contributed by atoms with E-state index in [9.17, 15) is 18.0 Å². The summed E-state index contributed by atoms with van der Waals surface area (Å²) in [4.78, 5) is 14.7. The van der Waals surface area contributed by atoms with Gasteiger partial charge in [0.15, 0.2) is 0 Å². The van der Waals surface area contributed by atoms with Crippen LogP contribution in [-0.2, 0) is 22.1 Å². The van der Waals surface area contributed by atoms with E-state index in [1.807, 2.05) is 36.5 Å². The van der Waals surface area contributed by atoms with Gasteiger partial charge in [0.05, 0.1) is 36.9 Å². The summed E-state index contributed by atoms with van der Waals surface area (Å²) in [5.74, 6) is -0.146. The molecule has 1 unspecified atom stereocenters. The number of hydrogen-bond donors (Lipinski definition) is 1. The van der Waals surface area contributed by atoms with E-state index in [0.29, 0.717) is 32.8 Å².